The smallest absolute Gasteiger partial charge is 0.268 e. The molecule has 134 valence electrons. The van der Waals surface area contributed by atoms with Crippen LogP contribution in [0.2, 0.25) is 0 Å². The number of amides is 1. The Kier molecular flexibility index (Phi) is 4.36. The minimum absolute atomic E-state index is 0.0286. The molecule has 3 aromatic rings. The molecule has 0 unspecified atom stereocenters. The number of thiophene rings is 1. The lowest BCUT2D eigenvalue weighted by Gasteiger charge is -2.29. The van der Waals surface area contributed by atoms with E-state index in [1.54, 1.807) is 10.9 Å². The highest BCUT2D eigenvalue weighted by atomic mass is 32.1. The number of fused-ring (bicyclic) bond motifs is 2. The van der Waals surface area contributed by atoms with Crippen LogP contribution in [0.1, 0.15) is 40.6 Å². The van der Waals surface area contributed by atoms with Gasteiger partial charge in [0.2, 0.25) is 0 Å². The van der Waals surface area contributed by atoms with Crippen LogP contribution in [0.15, 0.2) is 35.4 Å². The first-order chi connectivity index (χ1) is 12.6. The third kappa shape index (κ3) is 2.65. The summed E-state index contributed by atoms with van der Waals surface area (Å²) in [4.78, 5) is 33.6. The number of anilines is 1. The first-order valence-electron chi connectivity index (χ1n) is 9.00. The molecular weight excluding hydrogens is 346 g/mol. The Morgan fingerprint density at radius 2 is 2.12 bits per heavy atom. The van der Waals surface area contributed by atoms with E-state index in [0.717, 1.165) is 30.5 Å². The van der Waals surface area contributed by atoms with Crippen molar-refractivity contribution in [2.24, 2.45) is 0 Å². The maximum absolute atomic E-state index is 13.3. The highest BCUT2D eigenvalue weighted by Crippen LogP contribution is 2.32. The van der Waals surface area contributed by atoms with E-state index in [0.29, 0.717) is 28.2 Å². The van der Waals surface area contributed by atoms with Crippen LogP contribution in [0.4, 0.5) is 5.69 Å². The lowest BCUT2D eigenvalue weighted by Crippen LogP contribution is -2.35. The van der Waals surface area contributed by atoms with E-state index in [2.05, 4.69) is 11.1 Å². The summed E-state index contributed by atoms with van der Waals surface area (Å²) in [5.74, 6) is -0.0286. The largest absolute Gasteiger partial charge is 0.307 e. The van der Waals surface area contributed by atoms with Crippen molar-refractivity contribution in [2.75, 3.05) is 11.4 Å². The van der Waals surface area contributed by atoms with Crippen LogP contribution < -0.4 is 10.5 Å². The average molecular weight is 367 g/mol. The Morgan fingerprint density at radius 1 is 1.31 bits per heavy atom. The average Bonchev–Trinajstić information content (AvgIpc) is 3.00. The molecule has 0 atom stereocenters. The summed E-state index contributed by atoms with van der Waals surface area (Å²) in [6.07, 6.45) is 4.41. The topological polar surface area (TPSA) is 55.2 Å². The third-order valence-electron chi connectivity index (χ3n) is 4.93. The van der Waals surface area contributed by atoms with Crippen LogP contribution in [0, 0.1) is 6.92 Å². The van der Waals surface area contributed by atoms with Crippen molar-refractivity contribution in [3.63, 3.8) is 0 Å². The van der Waals surface area contributed by atoms with E-state index in [1.807, 2.05) is 36.9 Å². The maximum Gasteiger partial charge on any atom is 0.268 e. The highest BCUT2D eigenvalue weighted by Gasteiger charge is 2.27. The fraction of sp³-hybridized carbons (Fsp3) is 0.350. The Labute approximate surface area is 155 Å². The second-order valence-electron chi connectivity index (χ2n) is 6.67. The fourth-order valence-electron chi connectivity index (χ4n) is 3.63. The zero-order valence-electron chi connectivity index (χ0n) is 15.0. The SMILES string of the molecule is CCCn1cnc2sc(C(=O)N3CCCc4ccccc43)c(C)c2c1=O. The van der Waals surface area contributed by atoms with Crippen molar-refractivity contribution in [1.82, 2.24) is 9.55 Å². The number of rotatable bonds is 3. The van der Waals surface area contributed by atoms with Gasteiger partial charge in [-0.05, 0) is 43.4 Å². The van der Waals surface area contributed by atoms with Gasteiger partial charge in [-0.2, -0.15) is 0 Å². The van der Waals surface area contributed by atoms with Crippen molar-refractivity contribution in [3.05, 3.63) is 57.0 Å². The molecule has 4 rings (SSSR count). The second-order valence-corrected chi connectivity index (χ2v) is 7.67. The van der Waals surface area contributed by atoms with Crippen LogP contribution >= 0.6 is 11.3 Å². The number of hydrogen-bond acceptors (Lipinski definition) is 4. The zero-order chi connectivity index (χ0) is 18.3. The summed E-state index contributed by atoms with van der Waals surface area (Å²) in [6, 6.07) is 8.06. The standard InChI is InChI=1S/C20H21N3O2S/c1-3-10-22-12-21-18-16(19(22)24)13(2)17(26-18)20(25)23-11-6-8-14-7-4-5-9-15(14)23/h4-5,7,9,12H,3,6,8,10-11H2,1-2H3. The van der Waals surface area contributed by atoms with E-state index in [4.69, 9.17) is 0 Å². The normalized spacial score (nSPS) is 13.8. The van der Waals surface area contributed by atoms with Crippen molar-refractivity contribution in [3.8, 4) is 0 Å². The molecule has 0 saturated heterocycles. The van der Waals surface area contributed by atoms with Gasteiger partial charge in [-0.15, -0.1) is 11.3 Å². The molecule has 1 aliphatic rings. The minimum atomic E-state index is -0.0521. The number of carbonyl (C=O) groups is 1. The van der Waals surface area contributed by atoms with Gasteiger partial charge in [0, 0.05) is 18.8 Å². The molecular formula is C20H21N3O2S. The van der Waals surface area contributed by atoms with E-state index in [1.165, 1.54) is 16.9 Å². The molecule has 6 heteroatoms. The van der Waals surface area contributed by atoms with Crippen molar-refractivity contribution < 1.29 is 4.79 Å². The molecule has 0 N–H and O–H groups in total. The molecule has 1 aliphatic heterocycles. The van der Waals surface area contributed by atoms with Crippen LogP contribution in [0.5, 0.6) is 0 Å². The van der Waals surface area contributed by atoms with Gasteiger partial charge in [-0.1, -0.05) is 25.1 Å². The van der Waals surface area contributed by atoms with Crippen LogP contribution in [-0.2, 0) is 13.0 Å². The molecule has 0 spiro atoms. The summed E-state index contributed by atoms with van der Waals surface area (Å²) in [5.41, 5.74) is 2.89. The van der Waals surface area contributed by atoms with E-state index >= 15 is 0 Å². The quantitative estimate of drug-likeness (QED) is 0.708. The molecule has 3 heterocycles. The van der Waals surface area contributed by atoms with Gasteiger partial charge in [0.05, 0.1) is 16.6 Å². The number of hydrogen-bond donors (Lipinski definition) is 0. The lowest BCUT2D eigenvalue weighted by atomic mass is 10.0. The summed E-state index contributed by atoms with van der Waals surface area (Å²) in [6.45, 7) is 5.23. The monoisotopic (exact) mass is 367 g/mol. The molecule has 5 nitrogen and oxygen atoms in total. The van der Waals surface area contributed by atoms with E-state index < -0.39 is 0 Å². The predicted octanol–water partition coefficient (Wildman–Crippen LogP) is 3.77. The summed E-state index contributed by atoms with van der Waals surface area (Å²) in [7, 11) is 0. The van der Waals surface area contributed by atoms with Crippen LogP contribution in [0.25, 0.3) is 10.2 Å². The van der Waals surface area contributed by atoms with Gasteiger partial charge in [0.15, 0.2) is 0 Å². The predicted molar refractivity (Wildman–Crippen MR) is 105 cm³/mol. The molecule has 0 fully saturated rings. The first kappa shape index (κ1) is 17.0. The molecule has 0 aliphatic carbocycles. The summed E-state index contributed by atoms with van der Waals surface area (Å²) in [5, 5.41) is 0.583. The van der Waals surface area contributed by atoms with Gasteiger partial charge >= 0.3 is 0 Å². The number of aromatic nitrogens is 2. The van der Waals surface area contributed by atoms with Crippen molar-refractivity contribution in [1.29, 1.82) is 0 Å². The Hall–Kier alpha value is -2.47. The molecule has 1 amide bonds. The molecule has 0 saturated carbocycles. The van der Waals surface area contributed by atoms with E-state index in [9.17, 15) is 9.59 Å². The molecule has 2 aromatic heterocycles. The minimum Gasteiger partial charge on any atom is -0.307 e. The Bertz CT molecular complexity index is 1050. The van der Waals surface area contributed by atoms with Crippen molar-refractivity contribution in [2.45, 2.75) is 39.7 Å². The molecule has 0 radical (unpaired) electrons. The van der Waals surface area contributed by atoms with Crippen LogP contribution in [0.3, 0.4) is 0 Å². The molecule has 1 aromatic carbocycles. The molecule has 26 heavy (non-hydrogen) atoms. The Morgan fingerprint density at radius 3 is 2.92 bits per heavy atom. The van der Waals surface area contributed by atoms with Crippen molar-refractivity contribution >= 4 is 33.1 Å². The zero-order valence-corrected chi connectivity index (χ0v) is 15.8. The van der Waals surface area contributed by atoms with Gasteiger partial charge in [-0.3, -0.25) is 14.2 Å². The number of para-hydroxylation sites is 1. The Balaban J connectivity index is 1.80. The first-order valence-corrected chi connectivity index (χ1v) is 9.81. The number of nitrogens with zero attached hydrogens (tertiary/aromatic N) is 3. The lowest BCUT2D eigenvalue weighted by molar-refractivity contribution is 0.0988. The maximum atomic E-state index is 13.3. The second kappa shape index (κ2) is 6.68. The van der Waals surface area contributed by atoms with E-state index in [-0.39, 0.29) is 11.5 Å². The van der Waals surface area contributed by atoms with Gasteiger partial charge in [-0.25, -0.2) is 4.98 Å². The number of benzene rings is 1. The van der Waals surface area contributed by atoms with Gasteiger partial charge in [0.25, 0.3) is 11.5 Å². The van der Waals surface area contributed by atoms with Gasteiger partial charge < -0.3 is 4.90 Å². The van der Waals surface area contributed by atoms with Crippen LogP contribution in [-0.4, -0.2) is 22.0 Å². The van der Waals surface area contributed by atoms with Gasteiger partial charge in [0.1, 0.15) is 4.83 Å². The fourth-order valence-corrected chi connectivity index (χ4v) is 4.72. The third-order valence-corrected chi connectivity index (χ3v) is 6.12. The summed E-state index contributed by atoms with van der Waals surface area (Å²) >= 11 is 1.33. The number of carbonyl (C=O) groups excluding carboxylic acids is 1. The highest BCUT2D eigenvalue weighted by molar-refractivity contribution is 7.20. The number of aryl methyl sites for hydroxylation is 3. The molecule has 0 bridgehead atoms. The summed E-state index contributed by atoms with van der Waals surface area (Å²) < 4.78 is 1.63.